The minimum absolute atomic E-state index is 0. The molecule has 0 unspecified atom stereocenters. The predicted octanol–water partition coefficient (Wildman–Crippen LogP) is -10.5. The van der Waals surface area contributed by atoms with E-state index >= 15 is 0 Å². The summed E-state index contributed by atoms with van der Waals surface area (Å²) in [5.74, 6) is 0. The van der Waals surface area contributed by atoms with Gasteiger partial charge in [0, 0.05) is 0 Å². The van der Waals surface area contributed by atoms with Crippen molar-refractivity contribution in [3.63, 3.8) is 0 Å². The maximum atomic E-state index is 9.69. The number of alkyl halides is 4. The van der Waals surface area contributed by atoms with Crippen molar-refractivity contribution in [2.45, 2.75) is 6.43 Å². The zero-order valence-electron chi connectivity index (χ0n) is 3.52. The molecule has 0 aromatic heterocycles. The lowest BCUT2D eigenvalue weighted by Gasteiger charge is -1.82. The van der Waals surface area contributed by atoms with Crippen LogP contribution in [0.5, 0.6) is 0 Å². The molecule has 0 nitrogen and oxygen atoms in total. The molecule has 0 amide bonds. The number of hydrogen-bond acceptors (Lipinski definition) is 0. The Labute approximate surface area is 44.3 Å². The van der Waals surface area contributed by atoms with Crippen LogP contribution in [0.2, 0.25) is 0 Å². The summed E-state index contributed by atoms with van der Waals surface area (Å²) in [5.41, 5.74) is 0. The first-order chi connectivity index (χ1) is 2.00. The highest BCUT2D eigenvalue weighted by atomic mass is 19.5. The van der Waals surface area contributed by atoms with Crippen LogP contribution < -0.4 is 18.8 Å². The Kier molecular flexibility index (Phi) is 45.7. The zero-order valence-corrected chi connectivity index (χ0v) is 3.52. The molecular weight excluding hydrogens is 164 g/mol. The molecular formula is CF8-4. The van der Waals surface area contributed by atoms with Gasteiger partial charge in [0.05, 0.1) is 0 Å². The summed E-state index contributed by atoms with van der Waals surface area (Å²) in [7, 11) is 0. The quantitative estimate of drug-likeness (QED) is 0.312. The van der Waals surface area contributed by atoms with Gasteiger partial charge < -0.3 is 18.8 Å². The largest absolute Gasteiger partial charge is 1.00 e. The van der Waals surface area contributed by atoms with Crippen molar-refractivity contribution in [2.24, 2.45) is 0 Å². The number of hydrogen-bond donors (Lipinski definition) is 0. The molecule has 0 N–H and O–H groups in total. The summed E-state index contributed by atoms with van der Waals surface area (Å²) in [4.78, 5) is 0. The van der Waals surface area contributed by atoms with Crippen molar-refractivity contribution in [3.8, 4) is 0 Å². The van der Waals surface area contributed by atoms with Gasteiger partial charge in [-0.05, 0) is 0 Å². The summed E-state index contributed by atoms with van der Waals surface area (Å²) in [5, 5.41) is 0. The Morgan fingerprint density at radius 3 is 0.556 bits per heavy atom. The Bertz CT molecular complexity index is 20.0. The number of rotatable bonds is 0. The van der Waals surface area contributed by atoms with Crippen molar-refractivity contribution in [2.75, 3.05) is 0 Å². The van der Waals surface area contributed by atoms with Crippen LogP contribution >= 0.6 is 0 Å². The fourth-order valence-corrected chi connectivity index (χ4v) is 0. The highest BCUT2D eigenvalue weighted by Crippen LogP contribution is 2.13. The van der Waals surface area contributed by atoms with E-state index in [1.165, 1.54) is 0 Å². The van der Waals surface area contributed by atoms with E-state index in [1.54, 1.807) is 0 Å². The lowest BCUT2D eigenvalue weighted by Crippen LogP contribution is -3.00. The van der Waals surface area contributed by atoms with Gasteiger partial charge in [-0.3, -0.25) is 0 Å². The molecule has 64 valence electrons. The van der Waals surface area contributed by atoms with E-state index in [0.29, 0.717) is 0 Å². The molecule has 0 aliphatic heterocycles. The van der Waals surface area contributed by atoms with Crippen LogP contribution in [0.1, 0.15) is 0 Å². The average molecular weight is 164 g/mol. The molecule has 0 spiro atoms. The van der Waals surface area contributed by atoms with Gasteiger partial charge in [-0.1, -0.05) is 0 Å². The highest BCUT2D eigenvalue weighted by Gasteiger charge is 2.24. The van der Waals surface area contributed by atoms with Gasteiger partial charge in [-0.2, -0.15) is 0 Å². The molecule has 0 heterocycles. The van der Waals surface area contributed by atoms with Crippen molar-refractivity contribution >= 4 is 0 Å². The summed E-state index contributed by atoms with van der Waals surface area (Å²) in [6.45, 7) is 0. The zero-order chi connectivity index (χ0) is 4.50. The standard InChI is InChI=1S/CF4.4FH/c2-1(3,4)5;;;;/h;4*1H/p-4. The fraction of sp³-hybridized carbons (Fsp3) is 1.00. The van der Waals surface area contributed by atoms with Gasteiger partial charge in [0.15, 0.2) is 0 Å². The summed E-state index contributed by atoms with van der Waals surface area (Å²) < 4.78 is 38.8. The fourth-order valence-electron chi connectivity index (χ4n) is 0. The Hall–Kier alpha value is -0.560. The van der Waals surface area contributed by atoms with Gasteiger partial charge >= 0.3 is 6.43 Å². The second kappa shape index (κ2) is 10.4. The van der Waals surface area contributed by atoms with Crippen LogP contribution in [0.3, 0.4) is 0 Å². The van der Waals surface area contributed by atoms with Crippen LogP contribution in [0.15, 0.2) is 0 Å². The van der Waals surface area contributed by atoms with Crippen LogP contribution in [-0.2, 0) is 0 Å². The molecule has 0 aliphatic rings. The molecule has 0 atom stereocenters. The molecule has 0 aromatic rings. The van der Waals surface area contributed by atoms with Crippen molar-refractivity contribution in [3.05, 3.63) is 0 Å². The monoisotopic (exact) mass is 164 g/mol. The normalized spacial score (nSPS) is 6.67. The third-order valence-electron chi connectivity index (χ3n) is 0. The van der Waals surface area contributed by atoms with E-state index in [-0.39, 0.29) is 18.8 Å². The number of halogens is 8. The van der Waals surface area contributed by atoms with Crippen LogP contribution in [0, 0.1) is 0 Å². The first kappa shape index (κ1) is 39.5. The third kappa shape index (κ3) is 702. The first-order valence-electron chi connectivity index (χ1n) is 0.756. The van der Waals surface area contributed by atoms with E-state index in [0.717, 1.165) is 0 Å². The summed E-state index contributed by atoms with van der Waals surface area (Å²) in [6, 6.07) is 0. The molecule has 0 rings (SSSR count). The minimum Gasteiger partial charge on any atom is -1.00 e. The third-order valence-corrected chi connectivity index (χ3v) is 0. The van der Waals surface area contributed by atoms with Gasteiger partial charge in [-0.25, -0.2) is 0 Å². The maximum Gasteiger partial charge on any atom is 0.559 e. The smallest absolute Gasteiger partial charge is 0.559 e. The van der Waals surface area contributed by atoms with Crippen LogP contribution in [0.25, 0.3) is 0 Å². The molecule has 0 aliphatic carbocycles. The van der Waals surface area contributed by atoms with Gasteiger partial charge in [0.1, 0.15) is 0 Å². The second-order valence-electron chi connectivity index (χ2n) is 0.429. The van der Waals surface area contributed by atoms with E-state index in [4.69, 9.17) is 0 Å². The molecule has 9 heavy (non-hydrogen) atoms. The Balaban J connectivity index is -0.0000000133. The topological polar surface area (TPSA) is 0 Å². The van der Waals surface area contributed by atoms with Crippen molar-refractivity contribution in [1.29, 1.82) is 0 Å². The molecule has 0 bridgehead atoms. The Morgan fingerprint density at radius 2 is 0.556 bits per heavy atom. The predicted molar refractivity (Wildman–Crippen MR) is 7.16 cm³/mol. The van der Waals surface area contributed by atoms with E-state index in [9.17, 15) is 17.6 Å². The van der Waals surface area contributed by atoms with E-state index in [2.05, 4.69) is 0 Å². The van der Waals surface area contributed by atoms with Crippen LogP contribution in [0.4, 0.5) is 17.6 Å². The lowest BCUT2D eigenvalue weighted by molar-refractivity contribution is -0.237. The first-order valence-corrected chi connectivity index (χ1v) is 0.756. The molecule has 0 fully saturated rings. The van der Waals surface area contributed by atoms with Crippen LogP contribution in [-0.4, -0.2) is 6.43 Å². The average Bonchev–Trinajstić information content (AvgIpc) is 0.722. The van der Waals surface area contributed by atoms with Gasteiger partial charge in [-0.15, -0.1) is 17.6 Å². The van der Waals surface area contributed by atoms with Gasteiger partial charge in [0.2, 0.25) is 0 Å². The highest BCUT2D eigenvalue weighted by molar-refractivity contribution is 4.08. The molecule has 0 radical (unpaired) electrons. The van der Waals surface area contributed by atoms with Crippen molar-refractivity contribution in [1.82, 2.24) is 0 Å². The van der Waals surface area contributed by atoms with Gasteiger partial charge in [0.25, 0.3) is 0 Å². The molecule has 0 saturated carbocycles. The molecule has 0 saturated heterocycles. The minimum atomic E-state index is -5.50. The SMILES string of the molecule is FC(F)(F)F.[F-].[F-].[F-].[F-]. The summed E-state index contributed by atoms with van der Waals surface area (Å²) >= 11 is 0. The summed E-state index contributed by atoms with van der Waals surface area (Å²) in [6.07, 6.45) is -5.50. The lowest BCUT2D eigenvalue weighted by atomic mass is 11.5. The van der Waals surface area contributed by atoms with E-state index in [1.807, 2.05) is 0 Å². The molecule has 8 heteroatoms. The van der Waals surface area contributed by atoms with E-state index < -0.39 is 6.43 Å². The second-order valence-corrected chi connectivity index (χ2v) is 0.429. The molecule has 0 aromatic carbocycles. The van der Waals surface area contributed by atoms with Crippen molar-refractivity contribution < 1.29 is 36.4 Å². The Morgan fingerprint density at radius 1 is 0.556 bits per heavy atom. The maximum absolute atomic E-state index is 9.69.